The van der Waals surface area contributed by atoms with Crippen LogP contribution in [0.3, 0.4) is 0 Å². The zero-order valence-corrected chi connectivity index (χ0v) is 11.2. The molecule has 1 aromatic rings. The molecule has 0 radical (unpaired) electrons. The zero-order valence-electron chi connectivity index (χ0n) is 11.2. The molecule has 0 aliphatic heterocycles. The van der Waals surface area contributed by atoms with Gasteiger partial charge in [-0.25, -0.2) is 8.78 Å². The SMILES string of the molecule is CCOCC(NCc1cc(F)ccc1F)C(C)C. The van der Waals surface area contributed by atoms with Crippen molar-refractivity contribution in [3.8, 4) is 0 Å². The molecular formula is C14H21F2NO. The summed E-state index contributed by atoms with van der Waals surface area (Å²) < 4.78 is 31.8. The van der Waals surface area contributed by atoms with Gasteiger partial charge in [0.1, 0.15) is 11.6 Å². The van der Waals surface area contributed by atoms with E-state index in [2.05, 4.69) is 19.2 Å². The van der Waals surface area contributed by atoms with Crippen molar-refractivity contribution in [3.05, 3.63) is 35.4 Å². The van der Waals surface area contributed by atoms with Gasteiger partial charge in [-0.1, -0.05) is 13.8 Å². The van der Waals surface area contributed by atoms with Crippen molar-refractivity contribution in [2.24, 2.45) is 5.92 Å². The van der Waals surface area contributed by atoms with Crippen LogP contribution >= 0.6 is 0 Å². The minimum absolute atomic E-state index is 0.132. The predicted molar refractivity (Wildman–Crippen MR) is 68.3 cm³/mol. The second kappa shape index (κ2) is 7.44. The van der Waals surface area contributed by atoms with Gasteiger partial charge >= 0.3 is 0 Å². The van der Waals surface area contributed by atoms with Crippen LogP contribution in [0.5, 0.6) is 0 Å². The van der Waals surface area contributed by atoms with Gasteiger partial charge in [0, 0.05) is 24.8 Å². The lowest BCUT2D eigenvalue weighted by Crippen LogP contribution is -2.37. The minimum atomic E-state index is -0.417. The third-order valence-corrected chi connectivity index (χ3v) is 2.87. The fraction of sp³-hybridized carbons (Fsp3) is 0.571. The maximum Gasteiger partial charge on any atom is 0.127 e. The summed E-state index contributed by atoms with van der Waals surface area (Å²) in [5.41, 5.74) is 0.345. The summed E-state index contributed by atoms with van der Waals surface area (Å²) in [6, 6.07) is 3.63. The molecular weight excluding hydrogens is 236 g/mol. The van der Waals surface area contributed by atoms with Crippen LogP contribution in [-0.2, 0) is 11.3 Å². The second-order valence-corrected chi connectivity index (χ2v) is 4.63. The summed E-state index contributed by atoms with van der Waals surface area (Å²) in [5.74, 6) is -0.435. The van der Waals surface area contributed by atoms with Crippen LogP contribution in [0, 0.1) is 17.6 Å². The van der Waals surface area contributed by atoms with Gasteiger partial charge < -0.3 is 10.1 Å². The van der Waals surface area contributed by atoms with Crippen LogP contribution in [-0.4, -0.2) is 19.3 Å². The van der Waals surface area contributed by atoms with Crippen molar-refractivity contribution in [1.29, 1.82) is 0 Å². The van der Waals surface area contributed by atoms with E-state index in [9.17, 15) is 8.78 Å². The Kier molecular flexibility index (Phi) is 6.22. The molecule has 1 N–H and O–H groups in total. The normalized spacial score (nSPS) is 13.0. The first-order valence-corrected chi connectivity index (χ1v) is 6.29. The maximum absolute atomic E-state index is 13.4. The molecule has 0 amide bonds. The molecule has 0 saturated heterocycles. The highest BCUT2D eigenvalue weighted by Crippen LogP contribution is 2.11. The Bertz CT molecular complexity index is 369. The number of hydrogen-bond donors (Lipinski definition) is 1. The van der Waals surface area contributed by atoms with Crippen LogP contribution in [0.25, 0.3) is 0 Å². The van der Waals surface area contributed by atoms with Crippen molar-refractivity contribution in [3.63, 3.8) is 0 Å². The molecule has 0 aliphatic rings. The van der Waals surface area contributed by atoms with Crippen molar-refractivity contribution in [2.45, 2.75) is 33.4 Å². The molecule has 4 heteroatoms. The van der Waals surface area contributed by atoms with E-state index in [1.165, 1.54) is 6.07 Å². The van der Waals surface area contributed by atoms with Gasteiger partial charge in [0.05, 0.1) is 6.61 Å². The number of benzene rings is 1. The second-order valence-electron chi connectivity index (χ2n) is 4.63. The molecule has 1 aromatic carbocycles. The summed E-state index contributed by atoms with van der Waals surface area (Å²) >= 11 is 0. The Balaban J connectivity index is 2.58. The lowest BCUT2D eigenvalue weighted by atomic mass is 10.0. The number of halogens is 2. The van der Waals surface area contributed by atoms with E-state index < -0.39 is 5.82 Å². The highest BCUT2D eigenvalue weighted by atomic mass is 19.1. The smallest absolute Gasteiger partial charge is 0.127 e. The van der Waals surface area contributed by atoms with E-state index in [0.717, 1.165) is 12.1 Å². The molecule has 0 aliphatic carbocycles. The fourth-order valence-electron chi connectivity index (χ4n) is 1.65. The standard InChI is InChI=1S/C14H21F2NO/c1-4-18-9-14(10(2)3)17-8-11-7-12(15)5-6-13(11)16/h5-7,10,14,17H,4,8-9H2,1-3H3. The van der Waals surface area contributed by atoms with Gasteiger partial charge in [-0.2, -0.15) is 0 Å². The molecule has 1 unspecified atom stereocenters. The summed E-state index contributed by atoms with van der Waals surface area (Å²) in [6.45, 7) is 7.60. The van der Waals surface area contributed by atoms with Gasteiger partial charge in [0.25, 0.3) is 0 Å². The summed E-state index contributed by atoms with van der Waals surface area (Å²) in [6.07, 6.45) is 0. The minimum Gasteiger partial charge on any atom is -0.380 e. The Hall–Kier alpha value is -1.00. The quantitative estimate of drug-likeness (QED) is 0.810. The lowest BCUT2D eigenvalue weighted by Gasteiger charge is -2.22. The Labute approximate surface area is 107 Å². The summed E-state index contributed by atoms with van der Waals surface area (Å²) in [5, 5.41) is 3.21. The van der Waals surface area contributed by atoms with Gasteiger partial charge in [0.15, 0.2) is 0 Å². The molecule has 0 aromatic heterocycles. The molecule has 1 rings (SSSR count). The first-order valence-electron chi connectivity index (χ1n) is 6.29. The monoisotopic (exact) mass is 257 g/mol. The zero-order chi connectivity index (χ0) is 13.5. The van der Waals surface area contributed by atoms with E-state index in [1.807, 2.05) is 6.92 Å². The molecule has 0 spiro atoms. The molecule has 18 heavy (non-hydrogen) atoms. The molecule has 0 heterocycles. The van der Waals surface area contributed by atoms with Crippen LogP contribution in [0.1, 0.15) is 26.3 Å². The van der Waals surface area contributed by atoms with Gasteiger partial charge in [0.2, 0.25) is 0 Å². The van der Waals surface area contributed by atoms with Crippen LogP contribution in [0.15, 0.2) is 18.2 Å². The first-order chi connectivity index (χ1) is 8.54. The Morgan fingerprint density at radius 3 is 2.61 bits per heavy atom. The van der Waals surface area contributed by atoms with Crippen LogP contribution < -0.4 is 5.32 Å². The third kappa shape index (κ3) is 4.70. The van der Waals surface area contributed by atoms with Crippen molar-refractivity contribution < 1.29 is 13.5 Å². The molecule has 0 fully saturated rings. The van der Waals surface area contributed by atoms with E-state index >= 15 is 0 Å². The summed E-state index contributed by atoms with van der Waals surface area (Å²) in [4.78, 5) is 0. The van der Waals surface area contributed by atoms with Crippen molar-refractivity contribution in [1.82, 2.24) is 5.32 Å². The molecule has 102 valence electrons. The average Bonchev–Trinajstić information content (AvgIpc) is 2.33. The van der Waals surface area contributed by atoms with Gasteiger partial charge in [-0.15, -0.1) is 0 Å². The average molecular weight is 257 g/mol. The maximum atomic E-state index is 13.4. The van der Waals surface area contributed by atoms with E-state index in [-0.39, 0.29) is 11.9 Å². The van der Waals surface area contributed by atoms with Crippen molar-refractivity contribution in [2.75, 3.05) is 13.2 Å². The topological polar surface area (TPSA) is 21.3 Å². The van der Waals surface area contributed by atoms with Crippen LogP contribution in [0.2, 0.25) is 0 Å². The number of hydrogen-bond acceptors (Lipinski definition) is 2. The number of ether oxygens (including phenoxy) is 1. The molecule has 1 atom stereocenters. The third-order valence-electron chi connectivity index (χ3n) is 2.87. The highest BCUT2D eigenvalue weighted by molar-refractivity contribution is 5.18. The van der Waals surface area contributed by atoms with E-state index in [4.69, 9.17) is 4.74 Å². The number of nitrogens with one attached hydrogen (secondary N) is 1. The van der Waals surface area contributed by atoms with E-state index in [1.54, 1.807) is 0 Å². The largest absolute Gasteiger partial charge is 0.380 e. The van der Waals surface area contributed by atoms with Crippen molar-refractivity contribution >= 4 is 0 Å². The van der Waals surface area contributed by atoms with Gasteiger partial charge in [-0.3, -0.25) is 0 Å². The fourth-order valence-corrected chi connectivity index (χ4v) is 1.65. The lowest BCUT2D eigenvalue weighted by molar-refractivity contribution is 0.107. The van der Waals surface area contributed by atoms with Gasteiger partial charge in [-0.05, 0) is 31.0 Å². The van der Waals surface area contributed by atoms with E-state index in [0.29, 0.717) is 31.2 Å². The molecule has 2 nitrogen and oxygen atoms in total. The highest BCUT2D eigenvalue weighted by Gasteiger charge is 2.14. The number of rotatable bonds is 7. The first kappa shape index (κ1) is 15.1. The van der Waals surface area contributed by atoms with Crippen LogP contribution in [0.4, 0.5) is 8.78 Å². The Morgan fingerprint density at radius 2 is 2.00 bits per heavy atom. The Morgan fingerprint density at radius 1 is 1.28 bits per heavy atom. The molecule has 0 saturated carbocycles. The summed E-state index contributed by atoms with van der Waals surface area (Å²) in [7, 11) is 0. The molecule has 0 bridgehead atoms. The predicted octanol–water partition coefficient (Wildman–Crippen LogP) is 3.12.